The Balaban J connectivity index is 1.67. The summed E-state index contributed by atoms with van der Waals surface area (Å²) in [4.78, 5) is 23.0. The Morgan fingerprint density at radius 3 is 2.57 bits per heavy atom. The Morgan fingerprint density at radius 1 is 1.24 bits per heavy atom. The van der Waals surface area contributed by atoms with Crippen LogP contribution < -0.4 is 0 Å². The SMILES string of the molecule is C=C1CC(CC2CC3(CCC2O)CC(=C)C(=O)O3)OC1=O. The maximum Gasteiger partial charge on any atom is 0.334 e. The lowest BCUT2D eigenvalue weighted by molar-refractivity contribution is -0.155. The van der Waals surface area contributed by atoms with Crippen molar-refractivity contribution in [1.82, 2.24) is 0 Å². The van der Waals surface area contributed by atoms with E-state index in [1.165, 1.54) is 0 Å². The minimum absolute atomic E-state index is 0.0406. The highest BCUT2D eigenvalue weighted by atomic mass is 16.6. The largest absolute Gasteiger partial charge is 0.459 e. The number of hydrogen-bond acceptors (Lipinski definition) is 5. The Morgan fingerprint density at radius 2 is 2.00 bits per heavy atom. The van der Waals surface area contributed by atoms with Crippen LogP contribution in [0.25, 0.3) is 0 Å². The fourth-order valence-electron chi connectivity index (χ4n) is 3.73. The number of ether oxygens (including phenoxy) is 2. The van der Waals surface area contributed by atoms with Crippen molar-refractivity contribution >= 4 is 11.9 Å². The Kier molecular flexibility index (Phi) is 3.40. The summed E-state index contributed by atoms with van der Waals surface area (Å²) in [6.45, 7) is 7.40. The highest BCUT2D eigenvalue weighted by molar-refractivity contribution is 5.90. The van der Waals surface area contributed by atoms with Crippen LogP contribution >= 0.6 is 0 Å². The lowest BCUT2D eigenvalue weighted by Crippen LogP contribution is -2.42. The average Bonchev–Trinajstić information content (AvgIpc) is 2.86. The third-order valence-corrected chi connectivity index (χ3v) is 4.81. The van der Waals surface area contributed by atoms with E-state index in [0.29, 0.717) is 49.7 Å². The fourth-order valence-corrected chi connectivity index (χ4v) is 3.73. The van der Waals surface area contributed by atoms with E-state index in [-0.39, 0.29) is 24.0 Å². The van der Waals surface area contributed by atoms with Crippen molar-refractivity contribution in [2.45, 2.75) is 56.3 Å². The molecule has 1 N–H and O–H groups in total. The smallest absolute Gasteiger partial charge is 0.334 e. The molecule has 3 aliphatic rings. The quantitative estimate of drug-likeness (QED) is 0.619. The van der Waals surface area contributed by atoms with Crippen LogP contribution in [-0.2, 0) is 19.1 Å². The molecule has 3 fully saturated rings. The van der Waals surface area contributed by atoms with Crippen molar-refractivity contribution in [2.24, 2.45) is 5.92 Å². The Hall–Kier alpha value is -1.62. The van der Waals surface area contributed by atoms with E-state index < -0.39 is 11.7 Å². The number of esters is 2. The van der Waals surface area contributed by atoms with Gasteiger partial charge in [0.25, 0.3) is 0 Å². The molecule has 21 heavy (non-hydrogen) atoms. The van der Waals surface area contributed by atoms with Crippen LogP contribution in [0.1, 0.15) is 38.5 Å². The van der Waals surface area contributed by atoms with Gasteiger partial charge in [-0.3, -0.25) is 0 Å². The second-order valence-corrected chi connectivity index (χ2v) is 6.49. The number of carbonyl (C=O) groups is 2. The van der Waals surface area contributed by atoms with Gasteiger partial charge in [0.05, 0.1) is 6.10 Å². The minimum atomic E-state index is -0.516. The normalized spacial score (nSPS) is 39.8. The summed E-state index contributed by atoms with van der Waals surface area (Å²) in [6, 6.07) is 0. The maximum absolute atomic E-state index is 11.6. The molecular weight excluding hydrogens is 272 g/mol. The summed E-state index contributed by atoms with van der Waals surface area (Å²) in [6.07, 6.45) is 2.81. The fraction of sp³-hybridized carbons (Fsp3) is 0.625. The van der Waals surface area contributed by atoms with Crippen LogP contribution in [0.3, 0.4) is 0 Å². The molecule has 0 radical (unpaired) electrons. The van der Waals surface area contributed by atoms with Gasteiger partial charge >= 0.3 is 11.9 Å². The van der Waals surface area contributed by atoms with Crippen LogP contribution in [0.2, 0.25) is 0 Å². The molecule has 1 saturated carbocycles. The van der Waals surface area contributed by atoms with Crippen molar-refractivity contribution in [3.63, 3.8) is 0 Å². The van der Waals surface area contributed by atoms with Crippen LogP contribution in [0, 0.1) is 5.92 Å². The summed E-state index contributed by atoms with van der Waals surface area (Å²) in [5.41, 5.74) is 0.476. The maximum atomic E-state index is 11.6. The van der Waals surface area contributed by atoms with E-state index in [4.69, 9.17) is 9.47 Å². The first kappa shape index (κ1) is 14.3. The standard InChI is InChI=1S/C16H20O5/c1-9-5-12(20-14(9)18)6-11-8-16(4-3-13(11)17)7-10(2)15(19)21-16/h11-13,17H,1-8H2. The first-order chi connectivity index (χ1) is 9.88. The van der Waals surface area contributed by atoms with Gasteiger partial charge in [-0.1, -0.05) is 13.2 Å². The number of hydrogen-bond donors (Lipinski definition) is 1. The van der Waals surface area contributed by atoms with E-state index in [1.807, 2.05) is 0 Å². The molecule has 0 amide bonds. The average molecular weight is 292 g/mol. The zero-order valence-corrected chi connectivity index (χ0v) is 12.0. The highest BCUT2D eigenvalue weighted by Crippen LogP contribution is 2.45. The molecule has 5 nitrogen and oxygen atoms in total. The van der Waals surface area contributed by atoms with Crippen molar-refractivity contribution in [2.75, 3.05) is 0 Å². The van der Waals surface area contributed by atoms with Crippen LogP contribution in [-0.4, -0.2) is 34.9 Å². The Labute approximate surface area is 123 Å². The van der Waals surface area contributed by atoms with Gasteiger partial charge in [0.1, 0.15) is 11.7 Å². The number of aliphatic hydroxyl groups is 1. The van der Waals surface area contributed by atoms with E-state index in [9.17, 15) is 14.7 Å². The number of rotatable bonds is 2. The van der Waals surface area contributed by atoms with E-state index in [2.05, 4.69) is 13.2 Å². The molecule has 1 spiro atoms. The minimum Gasteiger partial charge on any atom is -0.459 e. The van der Waals surface area contributed by atoms with Crippen LogP contribution in [0.4, 0.5) is 0 Å². The van der Waals surface area contributed by atoms with Crippen molar-refractivity contribution in [3.8, 4) is 0 Å². The molecule has 114 valence electrons. The first-order valence-electron chi connectivity index (χ1n) is 7.36. The van der Waals surface area contributed by atoms with Gasteiger partial charge in [-0.05, 0) is 31.6 Å². The third kappa shape index (κ3) is 2.62. The highest BCUT2D eigenvalue weighted by Gasteiger charge is 2.49. The molecule has 2 heterocycles. The Bertz CT molecular complexity index is 489. The zero-order chi connectivity index (χ0) is 15.2. The lowest BCUT2D eigenvalue weighted by atomic mass is 9.72. The molecule has 2 saturated heterocycles. The monoisotopic (exact) mass is 292 g/mol. The summed E-state index contributed by atoms with van der Waals surface area (Å²) in [5, 5.41) is 10.2. The van der Waals surface area contributed by atoms with E-state index in [0.717, 1.165) is 0 Å². The van der Waals surface area contributed by atoms with Gasteiger partial charge in [-0.15, -0.1) is 0 Å². The zero-order valence-electron chi connectivity index (χ0n) is 12.0. The van der Waals surface area contributed by atoms with E-state index >= 15 is 0 Å². The van der Waals surface area contributed by atoms with Gasteiger partial charge in [0, 0.05) is 24.0 Å². The number of carbonyl (C=O) groups excluding carboxylic acids is 2. The summed E-state index contributed by atoms with van der Waals surface area (Å²) >= 11 is 0. The van der Waals surface area contributed by atoms with Crippen molar-refractivity contribution in [1.29, 1.82) is 0 Å². The molecule has 0 aromatic heterocycles. The van der Waals surface area contributed by atoms with Gasteiger partial charge < -0.3 is 14.6 Å². The molecule has 5 heteroatoms. The van der Waals surface area contributed by atoms with Crippen LogP contribution in [0.15, 0.2) is 24.3 Å². The second kappa shape index (κ2) is 4.98. The van der Waals surface area contributed by atoms with E-state index in [1.54, 1.807) is 0 Å². The van der Waals surface area contributed by atoms with Gasteiger partial charge in [-0.2, -0.15) is 0 Å². The van der Waals surface area contributed by atoms with Gasteiger partial charge in [-0.25, -0.2) is 9.59 Å². The molecule has 4 unspecified atom stereocenters. The van der Waals surface area contributed by atoms with Crippen molar-refractivity contribution in [3.05, 3.63) is 24.3 Å². The molecular formula is C16H20O5. The lowest BCUT2D eigenvalue weighted by Gasteiger charge is -2.39. The number of cyclic esters (lactones) is 1. The molecule has 4 atom stereocenters. The summed E-state index contributed by atoms with van der Waals surface area (Å²) in [7, 11) is 0. The second-order valence-electron chi connectivity index (χ2n) is 6.49. The van der Waals surface area contributed by atoms with Gasteiger partial charge in [0.15, 0.2) is 0 Å². The molecule has 2 aliphatic heterocycles. The molecule has 0 bridgehead atoms. The molecule has 3 rings (SSSR count). The van der Waals surface area contributed by atoms with Crippen molar-refractivity contribution < 1.29 is 24.2 Å². The topological polar surface area (TPSA) is 72.8 Å². The predicted octanol–water partition coefficient (Wildman–Crippen LogP) is 1.65. The van der Waals surface area contributed by atoms with Gasteiger partial charge in [0.2, 0.25) is 0 Å². The summed E-state index contributed by atoms with van der Waals surface area (Å²) < 4.78 is 10.8. The molecule has 0 aromatic rings. The molecule has 1 aliphatic carbocycles. The third-order valence-electron chi connectivity index (χ3n) is 4.81. The molecule has 0 aromatic carbocycles. The predicted molar refractivity (Wildman–Crippen MR) is 74.2 cm³/mol. The number of aliphatic hydroxyl groups excluding tert-OH is 1. The summed E-state index contributed by atoms with van der Waals surface area (Å²) in [5.74, 6) is -0.715. The van der Waals surface area contributed by atoms with Crippen LogP contribution in [0.5, 0.6) is 0 Å². The first-order valence-corrected chi connectivity index (χ1v) is 7.36.